The summed E-state index contributed by atoms with van der Waals surface area (Å²) in [6, 6.07) is 13.6. The van der Waals surface area contributed by atoms with Crippen molar-refractivity contribution >= 4 is 38.9 Å². The Labute approximate surface area is 181 Å². The van der Waals surface area contributed by atoms with Crippen LogP contribution in [0.1, 0.15) is 11.1 Å². The summed E-state index contributed by atoms with van der Waals surface area (Å²) in [5.74, 6) is 0. The molecule has 10 heteroatoms. The van der Waals surface area contributed by atoms with E-state index in [-0.39, 0.29) is 21.4 Å². The van der Waals surface area contributed by atoms with Gasteiger partial charge in [0.15, 0.2) is 0 Å². The minimum Gasteiger partial charge on any atom is -0.399 e. The van der Waals surface area contributed by atoms with Gasteiger partial charge in [-0.05, 0) is 53.6 Å². The lowest BCUT2D eigenvalue weighted by atomic mass is 9.99. The molecule has 0 atom stereocenters. The first kappa shape index (κ1) is 23.9. The predicted molar refractivity (Wildman–Crippen MR) is 110 cm³/mol. The third kappa shape index (κ3) is 6.30. The van der Waals surface area contributed by atoms with Gasteiger partial charge in [-0.1, -0.05) is 45.7 Å². The van der Waals surface area contributed by atoms with Crippen molar-refractivity contribution < 1.29 is 26.3 Å². The molecule has 0 radical (unpaired) electrons. The Morgan fingerprint density at radius 2 is 1.23 bits per heavy atom. The quantitative estimate of drug-likeness (QED) is 0.260. The van der Waals surface area contributed by atoms with Gasteiger partial charge < -0.3 is 11.5 Å². The minimum absolute atomic E-state index is 0.00389. The summed E-state index contributed by atoms with van der Waals surface area (Å²) in [6.07, 6.45) is -8.80. The van der Waals surface area contributed by atoms with Crippen molar-refractivity contribution in [3.8, 4) is 11.1 Å². The van der Waals surface area contributed by atoms with Gasteiger partial charge in [0.2, 0.25) is 0 Å². The largest absolute Gasteiger partial charge is 0.417 e. The molecule has 0 aliphatic rings. The van der Waals surface area contributed by atoms with Crippen LogP contribution in [0.3, 0.4) is 0 Å². The van der Waals surface area contributed by atoms with Crippen LogP contribution in [0.5, 0.6) is 0 Å². The number of anilines is 2. The van der Waals surface area contributed by atoms with Crippen molar-refractivity contribution in [2.75, 3.05) is 11.5 Å². The van der Waals surface area contributed by atoms with E-state index in [0.717, 1.165) is 12.1 Å². The van der Waals surface area contributed by atoms with Gasteiger partial charge in [0, 0.05) is 20.9 Å². The van der Waals surface area contributed by atoms with E-state index in [9.17, 15) is 26.3 Å². The lowest BCUT2D eigenvalue weighted by molar-refractivity contribution is -0.138. The van der Waals surface area contributed by atoms with Gasteiger partial charge in [-0.25, -0.2) is 0 Å². The molecule has 0 amide bonds. The van der Waals surface area contributed by atoms with Crippen LogP contribution in [0, 0.1) is 0 Å². The van der Waals surface area contributed by atoms with Crippen molar-refractivity contribution in [3.05, 3.63) is 81.3 Å². The lowest BCUT2D eigenvalue weighted by Crippen LogP contribution is -2.08. The lowest BCUT2D eigenvalue weighted by Gasteiger charge is -2.14. The van der Waals surface area contributed by atoms with Crippen molar-refractivity contribution in [1.29, 1.82) is 0 Å². The van der Waals surface area contributed by atoms with Crippen molar-refractivity contribution in [2.45, 2.75) is 12.4 Å². The molecule has 4 N–H and O–H groups in total. The number of halogens is 8. The third-order valence-corrected chi connectivity index (χ3v) is 4.71. The van der Waals surface area contributed by atoms with Crippen LogP contribution in [-0.2, 0) is 12.4 Å². The number of nitrogen functional groups attached to an aromatic ring is 2. The molecule has 0 aliphatic heterocycles. The summed E-state index contributed by atoms with van der Waals surface area (Å²) in [5, 5.41) is 0.387. The first-order valence-corrected chi connectivity index (χ1v) is 9.31. The Morgan fingerprint density at radius 3 is 1.73 bits per heavy atom. The molecule has 3 aromatic rings. The highest BCUT2D eigenvalue weighted by Crippen LogP contribution is 2.39. The first-order chi connectivity index (χ1) is 13.8. The second-order valence-corrected chi connectivity index (χ2v) is 7.34. The van der Waals surface area contributed by atoms with Crippen molar-refractivity contribution in [3.63, 3.8) is 0 Å². The highest BCUT2D eigenvalue weighted by molar-refractivity contribution is 9.10. The molecule has 0 unspecified atom stereocenters. The van der Waals surface area contributed by atoms with E-state index >= 15 is 0 Å². The van der Waals surface area contributed by atoms with Crippen LogP contribution in [0.15, 0.2) is 65.1 Å². The number of hydrogen-bond donors (Lipinski definition) is 2. The number of benzene rings is 3. The molecule has 0 bridgehead atoms. The van der Waals surface area contributed by atoms with E-state index < -0.39 is 23.5 Å². The van der Waals surface area contributed by atoms with Gasteiger partial charge in [-0.15, -0.1) is 0 Å². The first-order valence-electron chi connectivity index (χ1n) is 8.14. The van der Waals surface area contributed by atoms with Crippen LogP contribution in [-0.4, -0.2) is 0 Å². The summed E-state index contributed by atoms with van der Waals surface area (Å²) in [7, 11) is 0. The summed E-state index contributed by atoms with van der Waals surface area (Å²) < 4.78 is 75.2. The van der Waals surface area contributed by atoms with Gasteiger partial charge in [-0.2, -0.15) is 26.3 Å². The minimum atomic E-state index is -4.45. The maximum Gasteiger partial charge on any atom is 0.417 e. The molecule has 3 rings (SSSR count). The molecule has 0 aliphatic carbocycles. The van der Waals surface area contributed by atoms with E-state index in [2.05, 4.69) is 15.9 Å². The molecule has 2 nitrogen and oxygen atoms in total. The van der Waals surface area contributed by atoms with E-state index in [1.54, 1.807) is 18.2 Å². The third-order valence-electron chi connectivity index (χ3n) is 3.78. The van der Waals surface area contributed by atoms with Gasteiger partial charge in [0.1, 0.15) is 0 Å². The van der Waals surface area contributed by atoms with Crippen LogP contribution in [0.4, 0.5) is 37.7 Å². The van der Waals surface area contributed by atoms with Crippen LogP contribution in [0.25, 0.3) is 11.1 Å². The van der Waals surface area contributed by atoms with E-state index in [0.29, 0.717) is 10.6 Å². The molecule has 160 valence electrons. The zero-order valence-electron chi connectivity index (χ0n) is 15.0. The zero-order chi connectivity index (χ0) is 22.7. The fourth-order valence-electron chi connectivity index (χ4n) is 2.46. The SMILES string of the molecule is Nc1ccc(-c2cccc(Cl)c2)c(C(F)(F)F)c1.Nc1ccc(Br)c(C(F)(F)F)c1. The highest BCUT2D eigenvalue weighted by Gasteiger charge is 2.34. The maximum absolute atomic E-state index is 12.9. The topological polar surface area (TPSA) is 52.0 Å². The maximum atomic E-state index is 12.9. The van der Waals surface area contributed by atoms with Gasteiger partial charge in [0.05, 0.1) is 11.1 Å². The Morgan fingerprint density at radius 1 is 0.700 bits per heavy atom. The molecule has 0 saturated heterocycles. The average molecular weight is 512 g/mol. The number of hydrogen-bond acceptors (Lipinski definition) is 2. The Kier molecular flexibility index (Phi) is 7.31. The molecule has 30 heavy (non-hydrogen) atoms. The molecule has 0 fully saturated rings. The summed E-state index contributed by atoms with van der Waals surface area (Å²) in [4.78, 5) is 0. The van der Waals surface area contributed by atoms with Gasteiger partial charge in [0.25, 0.3) is 0 Å². The van der Waals surface area contributed by atoms with Crippen molar-refractivity contribution in [1.82, 2.24) is 0 Å². The van der Waals surface area contributed by atoms with Crippen LogP contribution >= 0.6 is 27.5 Å². The fraction of sp³-hybridized carbons (Fsp3) is 0.100. The Hall–Kier alpha value is -2.39. The molecule has 0 spiro atoms. The summed E-state index contributed by atoms with van der Waals surface area (Å²) in [5.41, 5.74) is 9.76. The molecule has 3 aromatic carbocycles. The smallest absolute Gasteiger partial charge is 0.399 e. The molecular formula is C20H14BrClF6N2. The monoisotopic (exact) mass is 510 g/mol. The molecule has 0 aromatic heterocycles. The van der Waals surface area contributed by atoms with Gasteiger partial charge >= 0.3 is 12.4 Å². The summed E-state index contributed by atoms with van der Waals surface area (Å²) in [6.45, 7) is 0. The van der Waals surface area contributed by atoms with E-state index in [4.69, 9.17) is 23.1 Å². The summed E-state index contributed by atoms with van der Waals surface area (Å²) >= 11 is 8.58. The van der Waals surface area contributed by atoms with Crippen molar-refractivity contribution in [2.24, 2.45) is 0 Å². The van der Waals surface area contributed by atoms with E-state index in [1.807, 2.05) is 0 Å². The molecular weight excluding hydrogens is 498 g/mol. The molecule has 0 heterocycles. The van der Waals surface area contributed by atoms with Gasteiger partial charge in [-0.3, -0.25) is 0 Å². The number of nitrogens with two attached hydrogens (primary N) is 2. The Bertz CT molecular complexity index is 1030. The normalized spacial score (nSPS) is 11.6. The average Bonchev–Trinajstić information content (AvgIpc) is 2.62. The predicted octanol–water partition coefficient (Wildman–Crippen LogP) is 7.66. The number of alkyl halides is 6. The van der Waals surface area contributed by atoms with Crippen LogP contribution in [0.2, 0.25) is 5.02 Å². The Balaban J connectivity index is 0.000000232. The fourth-order valence-corrected chi connectivity index (χ4v) is 3.13. The standard InChI is InChI=1S/C13H9ClF3N.C7H5BrF3N/c14-9-3-1-2-8(6-9)11-5-4-10(18)7-12(11)13(15,16)17;8-6-2-1-4(12)3-5(6)7(9,10)11/h1-7H,18H2;1-3H,12H2. The second-order valence-electron chi connectivity index (χ2n) is 6.05. The highest BCUT2D eigenvalue weighted by atomic mass is 79.9. The van der Waals surface area contributed by atoms with Crippen LogP contribution < -0.4 is 11.5 Å². The number of rotatable bonds is 1. The zero-order valence-corrected chi connectivity index (χ0v) is 17.3. The second kappa shape index (κ2) is 9.18. The molecule has 0 saturated carbocycles. The van der Waals surface area contributed by atoms with E-state index in [1.165, 1.54) is 30.3 Å².